The van der Waals surface area contributed by atoms with Crippen molar-refractivity contribution in [2.24, 2.45) is 0 Å². The second kappa shape index (κ2) is 17.2. The average Bonchev–Trinajstić information content (AvgIpc) is 3.92. The third-order valence-corrected chi connectivity index (χ3v) is 14.2. The molecule has 1 aromatic heterocycles. The zero-order chi connectivity index (χ0) is 46.4. The van der Waals surface area contributed by atoms with Crippen LogP contribution in [0.4, 0.5) is 28.4 Å². The Morgan fingerprint density at radius 3 is 1.54 bits per heavy atom. The smallest absolute Gasteiger partial charge is 0.122 e. The summed E-state index contributed by atoms with van der Waals surface area (Å²) in [6.45, 7) is 0. The maximum Gasteiger partial charge on any atom is 0.122 e. The summed E-state index contributed by atoms with van der Waals surface area (Å²) in [6.07, 6.45) is 0. The number of hydrogen-bond acceptors (Lipinski definition) is 2. The highest BCUT2D eigenvalue weighted by molar-refractivity contribution is 6.10. The lowest BCUT2D eigenvalue weighted by molar-refractivity contribution is 0.644. The lowest BCUT2D eigenvalue weighted by atomic mass is 9.78. The van der Waals surface area contributed by atoms with Crippen LogP contribution >= 0.6 is 0 Å². The Labute approximate surface area is 409 Å². The Hall–Kier alpha value is -9.18. The fourth-order valence-electron chi connectivity index (χ4n) is 11.1. The second-order valence-corrected chi connectivity index (χ2v) is 18.1. The van der Waals surface area contributed by atoms with E-state index in [-0.39, 0.29) is 0 Å². The standard InChI is InChI=1S/C67H47N3/c1-6-21-48(22-7-1)50-37-39-54(40-38-50)68(57-42-44-62-61-34-17-19-36-65(61)69(66(62)47-57)53-28-12-4-13-29-53)56-41-43-60-59-33-16-18-35-63(59)67(64(60)46-56,52-26-10-3-11-27-52)70(55-30-14-5-15-31-55)58-32-20-25-51(45-58)49-23-8-2-9-24-49/h1-47H. The lowest BCUT2D eigenvalue weighted by Gasteiger charge is -2.45. The fourth-order valence-corrected chi connectivity index (χ4v) is 11.1. The number of para-hydroxylation sites is 3. The summed E-state index contributed by atoms with van der Waals surface area (Å²) in [4.78, 5) is 5.04. The molecule has 0 radical (unpaired) electrons. The summed E-state index contributed by atoms with van der Waals surface area (Å²) < 4.78 is 2.41. The molecule has 0 saturated heterocycles. The van der Waals surface area contributed by atoms with Crippen molar-refractivity contribution >= 4 is 50.2 Å². The monoisotopic (exact) mass is 893 g/mol. The van der Waals surface area contributed by atoms with Crippen LogP contribution in [0.2, 0.25) is 0 Å². The van der Waals surface area contributed by atoms with Gasteiger partial charge in [0.2, 0.25) is 0 Å². The van der Waals surface area contributed by atoms with E-state index < -0.39 is 5.54 Å². The molecule has 330 valence electrons. The van der Waals surface area contributed by atoms with Gasteiger partial charge >= 0.3 is 0 Å². The first kappa shape index (κ1) is 41.0. The Morgan fingerprint density at radius 2 is 0.800 bits per heavy atom. The zero-order valence-corrected chi connectivity index (χ0v) is 38.5. The quantitative estimate of drug-likeness (QED) is 0.136. The average molecular weight is 894 g/mol. The van der Waals surface area contributed by atoms with E-state index >= 15 is 0 Å². The third-order valence-electron chi connectivity index (χ3n) is 14.2. The van der Waals surface area contributed by atoms with Gasteiger partial charge in [0.1, 0.15) is 5.54 Å². The predicted octanol–water partition coefficient (Wildman–Crippen LogP) is 17.7. The molecule has 1 heterocycles. The first-order valence-corrected chi connectivity index (χ1v) is 24.1. The molecule has 1 unspecified atom stereocenters. The molecule has 3 nitrogen and oxygen atoms in total. The first-order valence-electron chi connectivity index (χ1n) is 24.1. The van der Waals surface area contributed by atoms with Crippen molar-refractivity contribution in [3.63, 3.8) is 0 Å². The van der Waals surface area contributed by atoms with Gasteiger partial charge in [0, 0.05) is 44.9 Å². The second-order valence-electron chi connectivity index (χ2n) is 18.1. The van der Waals surface area contributed by atoms with Crippen LogP contribution in [0, 0.1) is 0 Å². The Kier molecular flexibility index (Phi) is 10.1. The molecule has 1 aliphatic rings. The molecule has 0 spiro atoms. The Morgan fingerprint density at radius 1 is 0.286 bits per heavy atom. The minimum absolute atomic E-state index is 0.799. The number of aromatic nitrogens is 1. The fraction of sp³-hybridized carbons (Fsp3) is 0.0149. The summed E-state index contributed by atoms with van der Waals surface area (Å²) in [5.74, 6) is 0. The van der Waals surface area contributed by atoms with E-state index in [2.05, 4.69) is 299 Å². The third kappa shape index (κ3) is 6.74. The van der Waals surface area contributed by atoms with Crippen LogP contribution in [0.15, 0.2) is 285 Å². The Balaban J connectivity index is 1.09. The summed E-state index contributed by atoms with van der Waals surface area (Å²) in [6, 6.07) is 104. The van der Waals surface area contributed by atoms with Gasteiger partial charge in [-0.2, -0.15) is 0 Å². The van der Waals surface area contributed by atoms with Gasteiger partial charge < -0.3 is 14.4 Å². The summed E-state index contributed by atoms with van der Waals surface area (Å²) in [5.41, 5.74) is 18.8. The van der Waals surface area contributed by atoms with Crippen LogP contribution in [0.5, 0.6) is 0 Å². The number of fused-ring (bicyclic) bond motifs is 6. The van der Waals surface area contributed by atoms with Crippen LogP contribution in [0.25, 0.3) is 60.9 Å². The number of rotatable bonds is 10. The van der Waals surface area contributed by atoms with Gasteiger partial charge in [-0.15, -0.1) is 0 Å². The summed E-state index contributed by atoms with van der Waals surface area (Å²) >= 11 is 0. The molecule has 0 bridgehead atoms. The molecule has 11 aromatic carbocycles. The first-order chi connectivity index (χ1) is 34.7. The van der Waals surface area contributed by atoms with Crippen molar-refractivity contribution in [3.8, 4) is 39.1 Å². The highest BCUT2D eigenvalue weighted by atomic mass is 15.2. The highest BCUT2D eigenvalue weighted by Gasteiger charge is 2.50. The van der Waals surface area contributed by atoms with Crippen LogP contribution in [0.1, 0.15) is 16.7 Å². The van der Waals surface area contributed by atoms with Crippen molar-refractivity contribution in [2.45, 2.75) is 5.54 Å². The van der Waals surface area contributed by atoms with E-state index in [9.17, 15) is 0 Å². The number of benzene rings is 11. The van der Waals surface area contributed by atoms with Crippen LogP contribution < -0.4 is 9.80 Å². The van der Waals surface area contributed by atoms with Crippen LogP contribution in [0.3, 0.4) is 0 Å². The minimum atomic E-state index is -0.799. The van der Waals surface area contributed by atoms with E-state index in [4.69, 9.17) is 0 Å². The van der Waals surface area contributed by atoms with Crippen LogP contribution in [-0.4, -0.2) is 4.57 Å². The molecule has 3 heteroatoms. The van der Waals surface area contributed by atoms with Crippen LogP contribution in [-0.2, 0) is 5.54 Å². The largest absolute Gasteiger partial charge is 0.323 e. The van der Waals surface area contributed by atoms with Gasteiger partial charge in [0.05, 0.1) is 11.0 Å². The number of hydrogen-bond donors (Lipinski definition) is 0. The molecular formula is C67H47N3. The van der Waals surface area contributed by atoms with Gasteiger partial charge in [-0.25, -0.2) is 0 Å². The van der Waals surface area contributed by atoms with E-state index in [1.54, 1.807) is 0 Å². The van der Waals surface area contributed by atoms with Gasteiger partial charge in [-0.3, -0.25) is 0 Å². The van der Waals surface area contributed by atoms with Crippen molar-refractivity contribution in [3.05, 3.63) is 302 Å². The molecule has 0 saturated carbocycles. The van der Waals surface area contributed by atoms with Gasteiger partial charge in [0.15, 0.2) is 0 Å². The Bertz CT molecular complexity index is 3810. The van der Waals surface area contributed by atoms with E-state index in [1.807, 2.05) is 0 Å². The molecule has 12 aromatic rings. The topological polar surface area (TPSA) is 11.4 Å². The molecule has 0 aliphatic heterocycles. The van der Waals surface area contributed by atoms with Gasteiger partial charge in [-0.05, 0) is 129 Å². The van der Waals surface area contributed by atoms with Gasteiger partial charge in [0.25, 0.3) is 0 Å². The molecule has 0 amide bonds. The predicted molar refractivity (Wildman–Crippen MR) is 293 cm³/mol. The molecule has 1 atom stereocenters. The van der Waals surface area contributed by atoms with Crippen molar-refractivity contribution in [2.75, 3.05) is 9.80 Å². The molecule has 13 rings (SSSR count). The molecule has 1 aliphatic carbocycles. The maximum atomic E-state index is 2.59. The molecule has 0 N–H and O–H groups in total. The highest BCUT2D eigenvalue weighted by Crippen LogP contribution is 2.59. The van der Waals surface area contributed by atoms with Crippen molar-refractivity contribution in [1.82, 2.24) is 4.57 Å². The maximum absolute atomic E-state index is 2.59. The molecular weight excluding hydrogens is 847 g/mol. The number of anilines is 5. The molecule has 0 fully saturated rings. The minimum Gasteiger partial charge on any atom is -0.323 e. The van der Waals surface area contributed by atoms with E-state index in [0.717, 1.165) is 45.2 Å². The van der Waals surface area contributed by atoms with E-state index in [0.29, 0.717) is 0 Å². The summed E-state index contributed by atoms with van der Waals surface area (Å²) in [7, 11) is 0. The SMILES string of the molecule is c1ccc(-c2ccc(N(c3ccc4c(c3)C(c3ccccc3)(N(c3ccccc3)c3cccc(-c5ccccc5)c3)c3ccccc3-4)c3ccc4c5ccccc5n(-c5ccccc5)c4c3)cc2)cc1. The molecule has 70 heavy (non-hydrogen) atoms. The lowest BCUT2D eigenvalue weighted by Crippen LogP contribution is -2.44. The number of nitrogens with zero attached hydrogens (tertiary/aromatic N) is 3. The van der Waals surface area contributed by atoms with E-state index in [1.165, 1.54) is 60.8 Å². The van der Waals surface area contributed by atoms with Crippen molar-refractivity contribution < 1.29 is 0 Å². The van der Waals surface area contributed by atoms with Gasteiger partial charge in [-0.1, -0.05) is 206 Å². The normalized spacial score (nSPS) is 13.8. The zero-order valence-electron chi connectivity index (χ0n) is 38.5. The summed E-state index contributed by atoms with van der Waals surface area (Å²) in [5, 5.41) is 2.44. The van der Waals surface area contributed by atoms with Crippen molar-refractivity contribution in [1.29, 1.82) is 0 Å².